The molecule has 5 aliphatic rings. The van der Waals surface area contributed by atoms with E-state index < -0.39 is 17.5 Å². The van der Waals surface area contributed by atoms with Crippen LogP contribution in [0.5, 0.6) is 0 Å². The molecule has 6 bridgehead atoms. The maximum atomic E-state index is 14.3. The summed E-state index contributed by atoms with van der Waals surface area (Å²) >= 11 is 3.24. The highest BCUT2D eigenvalue weighted by Crippen LogP contribution is 2.48. The SMILES string of the molecule is CCn1c(-c2cc(N3CCN(C)CC3)cnc2[C@H](C)OC)c2c3cc(sc31)-c1csc(n1)C[C@H](NC(=O)[C@H]1C[C@@H]1C)C(=O)N1C[C@@H]3C[C@@H]3[C@H](N1)C(=O)OCC(C)(C)C2. The number of hydrogen-bond donors (Lipinski definition) is 2. The molecule has 2 saturated carbocycles. The molecule has 15 heteroatoms. The van der Waals surface area contributed by atoms with E-state index in [0.717, 1.165) is 94.0 Å². The van der Waals surface area contributed by atoms with Crippen LogP contribution in [0.25, 0.3) is 32.0 Å². The predicted octanol–water partition coefficient (Wildman–Crippen LogP) is 5.53. The number of aryl methyl sites for hydroxylation is 1. The number of hydrazine groups is 1. The van der Waals surface area contributed by atoms with Crippen LogP contribution in [0.1, 0.15) is 69.8 Å². The van der Waals surface area contributed by atoms with E-state index in [1.165, 1.54) is 16.9 Å². The van der Waals surface area contributed by atoms with Gasteiger partial charge in [-0.15, -0.1) is 22.7 Å². The van der Waals surface area contributed by atoms with Crippen LogP contribution in [0.15, 0.2) is 23.7 Å². The summed E-state index contributed by atoms with van der Waals surface area (Å²) in [5.41, 5.74) is 9.04. The molecule has 2 N–H and O–H groups in total. The number of carbonyl (C=O) groups is 3. The zero-order valence-electron chi connectivity index (χ0n) is 34.7. The minimum atomic E-state index is -0.809. The Morgan fingerprint density at radius 2 is 1.95 bits per heavy atom. The molecule has 0 aromatic carbocycles. The Morgan fingerprint density at radius 1 is 1.17 bits per heavy atom. The Labute approximate surface area is 348 Å². The van der Waals surface area contributed by atoms with Gasteiger partial charge in [0, 0.05) is 80.5 Å². The van der Waals surface area contributed by atoms with Gasteiger partial charge in [0.05, 0.1) is 51.6 Å². The maximum Gasteiger partial charge on any atom is 0.325 e. The van der Waals surface area contributed by atoms with Gasteiger partial charge in [0.1, 0.15) is 16.9 Å². The third kappa shape index (κ3) is 7.46. The maximum absolute atomic E-state index is 14.3. The summed E-state index contributed by atoms with van der Waals surface area (Å²) in [5.74, 6) is -0.134. The highest BCUT2D eigenvalue weighted by molar-refractivity contribution is 7.22. The van der Waals surface area contributed by atoms with Crippen LogP contribution in [0, 0.1) is 29.1 Å². The molecule has 310 valence electrons. The number of nitrogens with one attached hydrogen (secondary N) is 2. The van der Waals surface area contributed by atoms with Gasteiger partial charge in [0.25, 0.3) is 5.91 Å². The van der Waals surface area contributed by atoms with Crippen molar-refractivity contribution >= 4 is 56.4 Å². The Hall–Kier alpha value is -3.89. The Morgan fingerprint density at radius 3 is 2.67 bits per heavy atom. The lowest BCUT2D eigenvalue weighted by Gasteiger charge is -2.35. The molecule has 7 heterocycles. The molecular weight excluding hydrogens is 773 g/mol. The molecule has 4 fully saturated rings. The molecule has 4 aromatic rings. The van der Waals surface area contributed by atoms with Gasteiger partial charge in [-0.2, -0.15) is 0 Å². The number of aromatic nitrogens is 3. The number of carbonyl (C=O) groups excluding carboxylic acids is 3. The average Bonchev–Trinajstić information content (AvgIpc) is 4.00. The molecule has 2 saturated heterocycles. The van der Waals surface area contributed by atoms with Crippen LogP contribution < -0.4 is 15.6 Å². The number of esters is 1. The van der Waals surface area contributed by atoms with E-state index in [4.69, 9.17) is 19.4 Å². The summed E-state index contributed by atoms with van der Waals surface area (Å²) in [5, 5.41) is 8.65. The van der Waals surface area contributed by atoms with Crippen molar-refractivity contribution in [2.75, 3.05) is 58.4 Å². The lowest BCUT2D eigenvalue weighted by Crippen LogP contribution is -2.61. The predicted molar refractivity (Wildman–Crippen MR) is 227 cm³/mol. The number of nitrogens with zero attached hydrogens (tertiary/aromatic N) is 6. The number of thiophene rings is 1. The van der Waals surface area contributed by atoms with Crippen molar-refractivity contribution in [2.24, 2.45) is 29.1 Å². The number of likely N-dealkylation sites (N-methyl/N-ethyl adjacent to an activating group) is 1. The second-order valence-corrected chi connectivity index (χ2v) is 20.0. The van der Waals surface area contributed by atoms with Crippen LogP contribution in [0.3, 0.4) is 0 Å². The number of rotatable bonds is 7. The molecule has 0 spiro atoms. The number of methoxy groups -OCH3 is 1. The van der Waals surface area contributed by atoms with Gasteiger partial charge in [-0.1, -0.05) is 20.8 Å². The van der Waals surface area contributed by atoms with E-state index in [1.54, 1.807) is 23.5 Å². The molecular formula is C43H56N8O5S2. The zero-order valence-corrected chi connectivity index (χ0v) is 36.3. The van der Waals surface area contributed by atoms with Crippen molar-refractivity contribution in [3.05, 3.63) is 40.0 Å². The van der Waals surface area contributed by atoms with Gasteiger partial charge in [0.15, 0.2) is 0 Å². The van der Waals surface area contributed by atoms with Gasteiger partial charge < -0.3 is 29.2 Å². The molecule has 13 nitrogen and oxygen atoms in total. The van der Waals surface area contributed by atoms with E-state index >= 15 is 0 Å². The Kier molecular flexibility index (Phi) is 10.4. The minimum Gasteiger partial charge on any atom is -0.464 e. The zero-order chi connectivity index (χ0) is 40.6. The molecule has 4 aromatic heterocycles. The van der Waals surface area contributed by atoms with Crippen LogP contribution in [0.4, 0.5) is 5.69 Å². The van der Waals surface area contributed by atoms with E-state index in [9.17, 15) is 14.4 Å². The molecule has 0 radical (unpaired) electrons. The van der Waals surface area contributed by atoms with Crippen molar-refractivity contribution in [2.45, 2.75) is 85.0 Å². The number of pyridine rings is 1. The first kappa shape index (κ1) is 39.6. The van der Waals surface area contributed by atoms with Gasteiger partial charge in [-0.3, -0.25) is 24.4 Å². The van der Waals surface area contributed by atoms with E-state index in [1.807, 2.05) is 6.20 Å². The Balaban J connectivity index is 1.16. The highest BCUT2D eigenvalue weighted by atomic mass is 32.1. The van der Waals surface area contributed by atoms with Crippen LogP contribution in [-0.4, -0.2) is 108 Å². The molecule has 9 rings (SSSR count). The van der Waals surface area contributed by atoms with E-state index in [2.05, 4.69) is 84.3 Å². The highest BCUT2D eigenvalue weighted by Gasteiger charge is 2.53. The first-order valence-electron chi connectivity index (χ1n) is 20.9. The third-order valence-electron chi connectivity index (χ3n) is 13.1. The molecule has 2 amide bonds. The third-order valence-corrected chi connectivity index (χ3v) is 15.1. The summed E-state index contributed by atoms with van der Waals surface area (Å²) in [4.78, 5) is 58.7. The smallest absolute Gasteiger partial charge is 0.325 e. The first-order valence-corrected chi connectivity index (χ1v) is 22.6. The largest absolute Gasteiger partial charge is 0.464 e. The number of cyclic esters (lactones) is 1. The van der Waals surface area contributed by atoms with Crippen LogP contribution in [0.2, 0.25) is 0 Å². The molecule has 2 aliphatic carbocycles. The molecule has 0 unspecified atom stereocenters. The van der Waals surface area contributed by atoms with Crippen LogP contribution in [-0.2, 0) is 43.2 Å². The Bertz CT molecular complexity index is 2240. The second kappa shape index (κ2) is 15.3. The summed E-state index contributed by atoms with van der Waals surface area (Å²) in [6.07, 6.45) is 4.35. The number of amides is 2. The minimum absolute atomic E-state index is 0.0816. The summed E-state index contributed by atoms with van der Waals surface area (Å²) in [7, 11) is 3.90. The lowest BCUT2D eigenvalue weighted by atomic mass is 9.84. The van der Waals surface area contributed by atoms with Gasteiger partial charge >= 0.3 is 5.97 Å². The number of piperazine rings is 1. The number of thiazole rings is 1. The summed E-state index contributed by atoms with van der Waals surface area (Å²) in [6.45, 7) is 15.9. The molecule has 3 aliphatic heterocycles. The fourth-order valence-corrected chi connectivity index (χ4v) is 11.3. The summed E-state index contributed by atoms with van der Waals surface area (Å²) < 4.78 is 14.6. The standard InChI is InChI=1S/C43H56N8O5S2/c1-8-50-38(30-15-26(19-44-36(30)24(3)55-7)49-11-9-48(6)10-12-49)31-18-43(4,5)22-56-42(54)37-28-14-25(28)20-51(47-37)40(53)32(46-39(52)27-13-23(27)2)17-35-45-33(21-57-35)34-16-29(31)41(50)58-34/h15-16,19,21,23-25,27-28,32,37,47H,8-14,17-18,20,22H2,1-7H3,(H,46,52)/t23-,24-,25-,27-,28-,32-,37-/m0/s1. The fourth-order valence-electron chi connectivity index (χ4n) is 9.19. The molecule has 7 atom stereocenters. The average molecular weight is 829 g/mol. The monoisotopic (exact) mass is 828 g/mol. The fraction of sp³-hybridized carbons (Fsp3) is 0.605. The van der Waals surface area contributed by atoms with Gasteiger partial charge in [-0.25, -0.2) is 10.4 Å². The van der Waals surface area contributed by atoms with Crippen LogP contribution >= 0.6 is 22.7 Å². The van der Waals surface area contributed by atoms with Crippen molar-refractivity contribution in [3.63, 3.8) is 0 Å². The number of anilines is 1. The normalized spacial score (nSPS) is 27.8. The summed E-state index contributed by atoms with van der Waals surface area (Å²) in [6, 6.07) is 3.13. The first-order chi connectivity index (χ1) is 27.8. The topological polar surface area (TPSA) is 134 Å². The van der Waals surface area contributed by atoms with Gasteiger partial charge in [-0.05, 0) is 75.6 Å². The number of fused-ring (bicyclic) bond motifs is 8. The number of hydrogen-bond acceptors (Lipinski definition) is 12. The number of ether oxygens (including phenoxy) is 2. The molecule has 58 heavy (non-hydrogen) atoms. The van der Waals surface area contributed by atoms with E-state index in [-0.39, 0.29) is 54.7 Å². The lowest BCUT2D eigenvalue weighted by molar-refractivity contribution is -0.156. The van der Waals surface area contributed by atoms with Crippen molar-refractivity contribution in [1.82, 2.24) is 35.2 Å². The van der Waals surface area contributed by atoms with Crippen molar-refractivity contribution < 1.29 is 23.9 Å². The quantitative estimate of drug-likeness (QED) is 0.229. The van der Waals surface area contributed by atoms with Crippen molar-refractivity contribution in [3.8, 4) is 21.8 Å². The van der Waals surface area contributed by atoms with E-state index in [0.29, 0.717) is 18.9 Å². The van der Waals surface area contributed by atoms with Crippen molar-refractivity contribution in [1.29, 1.82) is 0 Å². The second-order valence-electron chi connectivity index (χ2n) is 18.1. The van der Waals surface area contributed by atoms with Gasteiger partial charge in [0.2, 0.25) is 5.91 Å².